The zero-order valence-corrected chi connectivity index (χ0v) is 9.89. The van der Waals surface area contributed by atoms with Crippen molar-refractivity contribution in [3.05, 3.63) is 18.7 Å². The Morgan fingerprint density at radius 3 is 3.06 bits per heavy atom. The van der Waals surface area contributed by atoms with E-state index < -0.39 is 5.97 Å². The third kappa shape index (κ3) is 1.59. The minimum Gasteiger partial charge on any atom is -0.481 e. The van der Waals surface area contributed by atoms with Crippen molar-refractivity contribution >= 4 is 17.4 Å². The van der Waals surface area contributed by atoms with Gasteiger partial charge >= 0.3 is 5.97 Å². The van der Waals surface area contributed by atoms with Crippen molar-refractivity contribution in [1.82, 2.24) is 19.6 Å². The van der Waals surface area contributed by atoms with E-state index in [-0.39, 0.29) is 11.8 Å². The molecule has 0 aromatic carbocycles. The lowest BCUT2D eigenvalue weighted by Gasteiger charge is -2.16. The SMILES string of the molecule is C[C@@H]1CN(c2nccn3cnnc23)C[C@@H]1C(=O)O. The molecule has 3 rings (SSSR count). The van der Waals surface area contributed by atoms with Crippen LogP contribution in [-0.2, 0) is 4.79 Å². The number of carboxylic acids is 1. The quantitative estimate of drug-likeness (QED) is 0.820. The fourth-order valence-corrected chi connectivity index (χ4v) is 2.43. The number of hydrogen-bond acceptors (Lipinski definition) is 5. The monoisotopic (exact) mass is 247 g/mol. The average Bonchev–Trinajstić information content (AvgIpc) is 2.94. The van der Waals surface area contributed by atoms with Crippen molar-refractivity contribution in [2.45, 2.75) is 6.92 Å². The Bertz CT molecular complexity index is 596. The van der Waals surface area contributed by atoms with Crippen LogP contribution in [0.3, 0.4) is 0 Å². The summed E-state index contributed by atoms with van der Waals surface area (Å²) in [6.45, 7) is 3.09. The van der Waals surface area contributed by atoms with E-state index in [0.29, 0.717) is 24.6 Å². The van der Waals surface area contributed by atoms with Crippen molar-refractivity contribution in [2.24, 2.45) is 11.8 Å². The van der Waals surface area contributed by atoms with E-state index in [2.05, 4.69) is 15.2 Å². The standard InChI is InChI=1S/C11H13N5O2/c1-7-4-16(5-8(7)11(17)18)9-10-14-13-6-15(10)3-2-12-9/h2-3,6-8H,4-5H2,1H3,(H,17,18)/t7-,8+/m1/s1. The Morgan fingerprint density at radius 1 is 1.50 bits per heavy atom. The second-order valence-corrected chi connectivity index (χ2v) is 4.64. The van der Waals surface area contributed by atoms with E-state index in [4.69, 9.17) is 5.11 Å². The van der Waals surface area contributed by atoms with Gasteiger partial charge in [0.05, 0.1) is 5.92 Å². The second-order valence-electron chi connectivity index (χ2n) is 4.64. The summed E-state index contributed by atoms with van der Waals surface area (Å²) >= 11 is 0. The Hall–Kier alpha value is -2.18. The van der Waals surface area contributed by atoms with E-state index in [9.17, 15) is 4.79 Å². The van der Waals surface area contributed by atoms with Crippen LogP contribution in [-0.4, -0.2) is 43.7 Å². The maximum absolute atomic E-state index is 11.1. The first kappa shape index (κ1) is 10.9. The molecule has 1 aliphatic heterocycles. The summed E-state index contributed by atoms with van der Waals surface area (Å²) < 4.78 is 1.78. The molecule has 0 amide bonds. The number of nitrogens with zero attached hydrogens (tertiary/aromatic N) is 5. The molecule has 0 spiro atoms. The first-order valence-corrected chi connectivity index (χ1v) is 5.79. The van der Waals surface area contributed by atoms with Crippen molar-refractivity contribution in [3.8, 4) is 0 Å². The maximum atomic E-state index is 11.1. The third-order valence-corrected chi connectivity index (χ3v) is 3.43. The summed E-state index contributed by atoms with van der Waals surface area (Å²) in [4.78, 5) is 17.4. The van der Waals surface area contributed by atoms with Crippen LogP contribution in [0.1, 0.15) is 6.92 Å². The van der Waals surface area contributed by atoms with Gasteiger partial charge in [-0.3, -0.25) is 9.20 Å². The van der Waals surface area contributed by atoms with Crippen molar-refractivity contribution < 1.29 is 9.90 Å². The molecule has 7 heteroatoms. The lowest BCUT2D eigenvalue weighted by atomic mass is 9.99. The molecule has 0 bridgehead atoms. The third-order valence-electron chi connectivity index (χ3n) is 3.43. The average molecular weight is 247 g/mol. The summed E-state index contributed by atoms with van der Waals surface area (Å²) in [6.07, 6.45) is 5.05. The van der Waals surface area contributed by atoms with Crippen LogP contribution in [0.2, 0.25) is 0 Å². The molecule has 18 heavy (non-hydrogen) atoms. The fourth-order valence-electron chi connectivity index (χ4n) is 2.43. The molecule has 1 N–H and O–H groups in total. The number of rotatable bonds is 2. The van der Waals surface area contributed by atoms with Gasteiger partial charge < -0.3 is 10.0 Å². The van der Waals surface area contributed by atoms with E-state index in [1.807, 2.05) is 11.8 Å². The van der Waals surface area contributed by atoms with Gasteiger partial charge in [-0.05, 0) is 5.92 Å². The van der Waals surface area contributed by atoms with Crippen LogP contribution >= 0.6 is 0 Å². The highest BCUT2D eigenvalue weighted by Crippen LogP contribution is 2.28. The predicted octanol–water partition coefficient (Wildman–Crippen LogP) is 0.281. The van der Waals surface area contributed by atoms with Gasteiger partial charge in [-0.15, -0.1) is 10.2 Å². The van der Waals surface area contributed by atoms with Crippen LogP contribution in [0, 0.1) is 11.8 Å². The highest BCUT2D eigenvalue weighted by molar-refractivity contribution is 5.73. The lowest BCUT2D eigenvalue weighted by Crippen LogP contribution is -2.24. The molecule has 1 fully saturated rings. The van der Waals surface area contributed by atoms with Gasteiger partial charge in [-0.2, -0.15) is 0 Å². The Labute approximate surface area is 103 Å². The minimum atomic E-state index is -0.751. The number of fused-ring (bicyclic) bond motifs is 1. The Kier molecular flexibility index (Phi) is 2.39. The van der Waals surface area contributed by atoms with E-state index in [0.717, 1.165) is 0 Å². The van der Waals surface area contributed by atoms with Crippen molar-refractivity contribution in [2.75, 3.05) is 18.0 Å². The molecule has 0 unspecified atom stereocenters. The van der Waals surface area contributed by atoms with Gasteiger partial charge in [-0.1, -0.05) is 6.92 Å². The second kappa shape index (κ2) is 3.94. The Balaban J connectivity index is 1.97. The maximum Gasteiger partial charge on any atom is 0.308 e. The Morgan fingerprint density at radius 2 is 2.33 bits per heavy atom. The van der Waals surface area contributed by atoms with Crippen LogP contribution in [0.5, 0.6) is 0 Å². The van der Waals surface area contributed by atoms with Gasteiger partial charge in [0.25, 0.3) is 0 Å². The van der Waals surface area contributed by atoms with Gasteiger partial charge in [0.1, 0.15) is 6.33 Å². The molecular weight excluding hydrogens is 234 g/mol. The molecule has 2 aromatic heterocycles. The first-order chi connectivity index (χ1) is 8.66. The van der Waals surface area contributed by atoms with Gasteiger partial charge in [0.15, 0.2) is 5.82 Å². The topological polar surface area (TPSA) is 83.6 Å². The van der Waals surface area contributed by atoms with E-state index in [1.54, 1.807) is 23.1 Å². The highest BCUT2D eigenvalue weighted by atomic mass is 16.4. The van der Waals surface area contributed by atoms with Gasteiger partial charge in [-0.25, -0.2) is 4.98 Å². The lowest BCUT2D eigenvalue weighted by molar-refractivity contribution is -0.142. The fraction of sp³-hybridized carbons (Fsp3) is 0.455. The largest absolute Gasteiger partial charge is 0.481 e. The van der Waals surface area contributed by atoms with Gasteiger partial charge in [0, 0.05) is 25.5 Å². The molecule has 3 heterocycles. The molecule has 0 aliphatic carbocycles. The molecule has 0 radical (unpaired) electrons. The predicted molar refractivity (Wildman–Crippen MR) is 63.3 cm³/mol. The number of hydrogen-bond donors (Lipinski definition) is 1. The molecule has 1 aliphatic rings. The van der Waals surface area contributed by atoms with E-state index >= 15 is 0 Å². The number of anilines is 1. The van der Waals surface area contributed by atoms with Crippen molar-refractivity contribution in [1.29, 1.82) is 0 Å². The molecule has 7 nitrogen and oxygen atoms in total. The number of aliphatic carboxylic acids is 1. The van der Waals surface area contributed by atoms with Crippen LogP contribution < -0.4 is 4.90 Å². The van der Waals surface area contributed by atoms with Crippen LogP contribution in [0.15, 0.2) is 18.7 Å². The molecular formula is C11H13N5O2. The zero-order valence-electron chi connectivity index (χ0n) is 9.89. The summed E-state index contributed by atoms with van der Waals surface area (Å²) in [7, 11) is 0. The zero-order chi connectivity index (χ0) is 12.7. The number of aromatic nitrogens is 4. The van der Waals surface area contributed by atoms with Crippen LogP contribution in [0.4, 0.5) is 5.82 Å². The minimum absolute atomic E-state index is 0.104. The summed E-state index contributed by atoms with van der Waals surface area (Å²) in [5.74, 6) is -0.300. The normalized spacial score (nSPS) is 23.7. The summed E-state index contributed by atoms with van der Waals surface area (Å²) in [5.41, 5.74) is 0.663. The summed E-state index contributed by atoms with van der Waals surface area (Å²) in [5, 5.41) is 17.0. The molecule has 94 valence electrons. The van der Waals surface area contributed by atoms with Crippen LogP contribution in [0.25, 0.3) is 5.65 Å². The molecule has 1 saturated heterocycles. The van der Waals surface area contributed by atoms with E-state index in [1.165, 1.54) is 0 Å². The van der Waals surface area contributed by atoms with Gasteiger partial charge in [0.2, 0.25) is 5.65 Å². The first-order valence-electron chi connectivity index (χ1n) is 5.79. The smallest absolute Gasteiger partial charge is 0.308 e. The molecule has 0 saturated carbocycles. The number of carbonyl (C=O) groups is 1. The number of carboxylic acid groups (broad SMARTS) is 1. The molecule has 2 atom stereocenters. The molecule has 2 aromatic rings. The highest BCUT2D eigenvalue weighted by Gasteiger charge is 2.36. The van der Waals surface area contributed by atoms with Crippen molar-refractivity contribution in [3.63, 3.8) is 0 Å². The summed E-state index contributed by atoms with van der Waals surface area (Å²) in [6, 6.07) is 0.